The van der Waals surface area contributed by atoms with E-state index in [-0.39, 0.29) is 29.3 Å². The second kappa shape index (κ2) is 5.02. The van der Waals surface area contributed by atoms with Gasteiger partial charge in [0.2, 0.25) is 0 Å². The smallest absolute Gasteiger partial charge is 0.313 e. The van der Waals surface area contributed by atoms with Crippen LogP contribution >= 0.6 is 0 Å². The molecule has 6 nitrogen and oxygen atoms in total. The Bertz CT molecular complexity index is 652. The van der Waals surface area contributed by atoms with E-state index in [2.05, 4.69) is 13.8 Å². The number of ether oxygens (including phenoxy) is 3. The first-order valence-electron chi connectivity index (χ1n) is 9.96. The van der Waals surface area contributed by atoms with Gasteiger partial charge in [0.1, 0.15) is 5.60 Å². The van der Waals surface area contributed by atoms with E-state index in [0.717, 1.165) is 12.8 Å². The molecule has 0 unspecified atom stereocenters. The number of rotatable bonds is 1. The van der Waals surface area contributed by atoms with E-state index in [1.165, 1.54) is 0 Å². The van der Waals surface area contributed by atoms with E-state index in [1.807, 2.05) is 6.92 Å². The summed E-state index contributed by atoms with van der Waals surface area (Å²) < 4.78 is 17.7. The van der Waals surface area contributed by atoms with Crippen LogP contribution in [-0.4, -0.2) is 59.9 Å². The van der Waals surface area contributed by atoms with Gasteiger partial charge in [0.25, 0.3) is 0 Å². The average molecular weight is 366 g/mol. The summed E-state index contributed by atoms with van der Waals surface area (Å²) in [5.41, 5.74) is -1.97. The van der Waals surface area contributed by atoms with Crippen LogP contribution < -0.4 is 0 Å². The third kappa shape index (κ3) is 1.59. The first-order valence-corrected chi connectivity index (χ1v) is 9.96. The van der Waals surface area contributed by atoms with Crippen LogP contribution in [0.1, 0.15) is 40.0 Å². The molecule has 5 aliphatic rings. The molecule has 5 fully saturated rings. The molecular weight excluding hydrogens is 336 g/mol. The highest BCUT2D eigenvalue weighted by molar-refractivity contribution is 5.80. The lowest BCUT2D eigenvalue weighted by molar-refractivity contribution is -0.261. The Morgan fingerprint density at radius 2 is 1.96 bits per heavy atom. The molecular formula is C20H30O6. The fourth-order valence-corrected chi connectivity index (χ4v) is 8.13. The summed E-state index contributed by atoms with van der Waals surface area (Å²) in [7, 11) is 1.74. The molecule has 146 valence electrons. The molecule has 26 heavy (non-hydrogen) atoms. The van der Waals surface area contributed by atoms with Gasteiger partial charge in [-0.3, -0.25) is 4.79 Å². The SMILES string of the molecule is CO[C@@H]1CC[C@@H](C)[C@@H]2C[C@H](O)[C@@]34CO[C@]5(C)[C@@H](OC(=O)[C@@H]53)[C@H](O)[C@@H]4[C@@]12C. The van der Waals surface area contributed by atoms with E-state index in [0.29, 0.717) is 18.9 Å². The minimum absolute atomic E-state index is 0.00724. The molecule has 11 atom stereocenters. The van der Waals surface area contributed by atoms with Gasteiger partial charge in [0.05, 0.1) is 30.8 Å². The quantitative estimate of drug-likeness (QED) is 0.677. The van der Waals surface area contributed by atoms with Crippen molar-refractivity contribution in [3.05, 3.63) is 0 Å². The maximum atomic E-state index is 12.8. The molecule has 3 saturated carbocycles. The zero-order valence-electron chi connectivity index (χ0n) is 16.0. The van der Waals surface area contributed by atoms with Crippen LogP contribution in [-0.2, 0) is 19.0 Å². The minimum atomic E-state index is -0.851. The third-order valence-electron chi connectivity index (χ3n) is 9.13. The molecule has 0 radical (unpaired) electrons. The summed E-state index contributed by atoms with van der Waals surface area (Å²) >= 11 is 0. The number of carbonyl (C=O) groups excluding carboxylic acids is 1. The zero-order chi connectivity index (χ0) is 18.6. The molecule has 6 heteroatoms. The second-order valence-corrected chi connectivity index (χ2v) is 9.85. The summed E-state index contributed by atoms with van der Waals surface area (Å²) in [5.74, 6) is -0.448. The Balaban J connectivity index is 1.73. The van der Waals surface area contributed by atoms with E-state index >= 15 is 0 Å². The Morgan fingerprint density at radius 1 is 1.23 bits per heavy atom. The number of hydrogen-bond donors (Lipinski definition) is 2. The van der Waals surface area contributed by atoms with Gasteiger partial charge in [-0.25, -0.2) is 0 Å². The Kier molecular flexibility index (Phi) is 3.36. The highest BCUT2D eigenvalue weighted by Gasteiger charge is 2.83. The van der Waals surface area contributed by atoms with Gasteiger partial charge in [-0.05, 0) is 38.0 Å². The van der Waals surface area contributed by atoms with Crippen molar-refractivity contribution < 1.29 is 29.2 Å². The molecule has 0 aromatic carbocycles. The summed E-state index contributed by atoms with van der Waals surface area (Å²) in [4.78, 5) is 12.8. The van der Waals surface area contributed by atoms with Crippen LogP contribution in [0.2, 0.25) is 0 Å². The molecule has 3 aliphatic carbocycles. The van der Waals surface area contributed by atoms with Crippen molar-refractivity contribution in [2.45, 2.75) is 70.1 Å². The van der Waals surface area contributed by atoms with Gasteiger partial charge < -0.3 is 24.4 Å². The van der Waals surface area contributed by atoms with Crippen LogP contribution in [0.3, 0.4) is 0 Å². The van der Waals surface area contributed by atoms with Crippen LogP contribution in [0.4, 0.5) is 0 Å². The number of aliphatic hydroxyl groups excluding tert-OH is 2. The third-order valence-corrected chi connectivity index (χ3v) is 9.13. The standard InChI is InChI=1S/C20H30O6/c1-9-5-6-12(24-4)18(2)10(9)7-11(21)20-8-25-19(3)15(20)17(23)26-16(19)13(22)14(18)20/h9-16,21-22H,5-8H2,1-4H3/t9-,10+,11+,12-,13-,14-,15+,16+,18-,19+,20-/m1/s1. The second-order valence-electron chi connectivity index (χ2n) is 9.85. The van der Waals surface area contributed by atoms with E-state index < -0.39 is 35.2 Å². The monoisotopic (exact) mass is 366 g/mol. The van der Waals surface area contributed by atoms with Crippen molar-refractivity contribution in [1.82, 2.24) is 0 Å². The van der Waals surface area contributed by atoms with Crippen molar-refractivity contribution in [3.63, 3.8) is 0 Å². The van der Waals surface area contributed by atoms with Crippen LogP contribution in [0.5, 0.6) is 0 Å². The number of methoxy groups -OCH3 is 1. The molecule has 2 saturated heterocycles. The Hall–Kier alpha value is -0.690. The molecule has 0 aromatic heterocycles. The summed E-state index contributed by atoms with van der Waals surface area (Å²) in [6.45, 7) is 6.60. The molecule has 2 heterocycles. The van der Waals surface area contributed by atoms with Crippen LogP contribution in [0.25, 0.3) is 0 Å². The maximum Gasteiger partial charge on any atom is 0.313 e. The summed E-state index contributed by atoms with van der Waals surface area (Å²) in [5, 5.41) is 22.8. The molecule has 2 aliphatic heterocycles. The van der Waals surface area contributed by atoms with E-state index in [9.17, 15) is 15.0 Å². The lowest BCUT2D eigenvalue weighted by Gasteiger charge is -2.66. The minimum Gasteiger partial charge on any atom is -0.456 e. The molecule has 4 bridgehead atoms. The van der Waals surface area contributed by atoms with Gasteiger partial charge >= 0.3 is 5.97 Å². The number of aliphatic hydroxyl groups is 2. The van der Waals surface area contributed by atoms with Crippen molar-refractivity contribution in [1.29, 1.82) is 0 Å². The number of fused-ring (bicyclic) bond motifs is 2. The van der Waals surface area contributed by atoms with Crippen molar-refractivity contribution in [2.75, 3.05) is 13.7 Å². The largest absolute Gasteiger partial charge is 0.456 e. The molecule has 2 N–H and O–H groups in total. The molecule has 5 rings (SSSR count). The topological polar surface area (TPSA) is 85.2 Å². The van der Waals surface area contributed by atoms with Gasteiger partial charge in [-0.1, -0.05) is 13.8 Å². The van der Waals surface area contributed by atoms with Crippen LogP contribution in [0.15, 0.2) is 0 Å². The van der Waals surface area contributed by atoms with E-state index in [1.54, 1.807) is 7.11 Å². The van der Waals surface area contributed by atoms with Gasteiger partial charge in [-0.2, -0.15) is 0 Å². The van der Waals surface area contributed by atoms with Crippen molar-refractivity contribution in [2.24, 2.45) is 34.5 Å². The van der Waals surface area contributed by atoms with Gasteiger partial charge in [0, 0.05) is 23.9 Å². The average Bonchev–Trinajstić information content (AvgIpc) is 2.96. The lowest BCUT2D eigenvalue weighted by atomic mass is 9.38. The van der Waals surface area contributed by atoms with Crippen LogP contribution in [0, 0.1) is 34.5 Å². The van der Waals surface area contributed by atoms with Crippen molar-refractivity contribution >= 4 is 5.97 Å². The fraction of sp³-hybridized carbons (Fsp3) is 0.950. The zero-order valence-corrected chi connectivity index (χ0v) is 16.0. The molecule has 0 aromatic rings. The maximum absolute atomic E-state index is 12.8. The fourth-order valence-electron chi connectivity index (χ4n) is 8.13. The first kappa shape index (κ1) is 17.4. The highest BCUT2D eigenvalue weighted by atomic mass is 16.6. The Morgan fingerprint density at radius 3 is 2.65 bits per heavy atom. The lowest BCUT2D eigenvalue weighted by Crippen LogP contribution is -2.73. The van der Waals surface area contributed by atoms with Gasteiger partial charge in [0.15, 0.2) is 6.10 Å². The molecule has 1 spiro atoms. The summed E-state index contributed by atoms with van der Waals surface area (Å²) in [6, 6.07) is 0. The predicted octanol–water partition coefficient (Wildman–Crippen LogP) is 1.13. The number of esters is 1. The normalized spacial score (nSPS) is 63.2. The Labute approximate surface area is 154 Å². The predicted molar refractivity (Wildman–Crippen MR) is 91.1 cm³/mol. The van der Waals surface area contributed by atoms with Crippen molar-refractivity contribution in [3.8, 4) is 0 Å². The number of hydrogen-bond acceptors (Lipinski definition) is 6. The van der Waals surface area contributed by atoms with Gasteiger partial charge in [-0.15, -0.1) is 0 Å². The number of carbonyl (C=O) groups is 1. The molecule has 0 amide bonds. The summed E-state index contributed by atoms with van der Waals surface area (Å²) in [6.07, 6.45) is 0.395. The highest BCUT2D eigenvalue weighted by Crippen LogP contribution is 2.72. The van der Waals surface area contributed by atoms with E-state index in [4.69, 9.17) is 14.2 Å². The first-order chi connectivity index (χ1) is 12.2.